The zero-order valence-corrected chi connectivity index (χ0v) is 13.4. The van der Waals surface area contributed by atoms with Crippen LogP contribution in [0.4, 0.5) is 11.4 Å². The quantitative estimate of drug-likeness (QED) is 0.797. The number of nitrogens with zero attached hydrogens (tertiary/aromatic N) is 1. The third kappa shape index (κ3) is 5.23. The Bertz CT molecular complexity index is 501. The molecule has 1 aliphatic heterocycles. The number of hydrogen-bond acceptors (Lipinski definition) is 6. The van der Waals surface area contributed by atoms with Crippen molar-refractivity contribution in [2.75, 3.05) is 55.1 Å². The van der Waals surface area contributed by atoms with Crippen molar-refractivity contribution in [1.29, 1.82) is 0 Å². The molecule has 22 heavy (non-hydrogen) atoms. The highest BCUT2D eigenvalue weighted by atomic mass is 32.2. The second-order valence-electron chi connectivity index (χ2n) is 4.76. The first-order valence-corrected chi connectivity index (χ1v) is 8.21. The Balaban J connectivity index is 1.78. The van der Waals surface area contributed by atoms with Gasteiger partial charge in [-0.2, -0.15) is 0 Å². The Hall–Kier alpha value is -1.73. The molecular weight excluding hydrogens is 304 g/mol. The highest BCUT2D eigenvalue weighted by Crippen LogP contribution is 2.19. The number of thioether (sulfide) groups is 1. The van der Waals surface area contributed by atoms with Crippen molar-refractivity contribution in [1.82, 2.24) is 0 Å². The fraction of sp³-hybridized carbons (Fsp3) is 0.467. The van der Waals surface area contributed by atoms with Crippen LogP contribution in [-0.4, -0.2) is 56.8 Å². The summed E-state index contributed by atoms with van der Waals surface area (Å²) >= 11 is 1.23. The number of anilines is 2. The number of amides is 1. The smallest absolute Gasteiger partial charge is 0.315 e. The number of rotatable bonds is 6. The minimum atomic E-state index is -0.326. The van der Waals surface area contributed by atoms with Crippen LogP contribution < -0.4 is 10.2 Å². The average Bonchev–Trinajstić information content (AvgIpc) is 2.56. The largest absolute Gasteiger partial charge is 0.468 e. The third-order valence-corrected chi connectivity index (χ3v) is 4.11. The molecule has 1 saturated heterocycles. The van der Waals surface area contributed by atoms with Crippen LogP contribution in [0.1, 0.15) is 0 Å². The number of hydrogen-bond donors (Lipinski definition) is 1. The first-order chi connectivity index (χ1) is 10.7. The molecule has 7 heteroatoms. The summed E-state index contributed by atoms with van der Waals surface area (Å²) in [7, 11) is 1.33. The van der Waals surface area contributed by atoms with Crippen LogP contribution >= 0.6 is 11.8 Å². The molecule has 1 fully saturated rings. The van der Waals surface area contributed by atoms with Gasteiger partial charge in [0.15, 0.2) is 0 Å². The second kappa shape index (κ2) is 8.65. The Morgan fingerprint density at radius 1 is 1.23 bits per heavy atom. The van der Waals surface area contributed by atoms with Gasteiger partial charge in [-0.15, -0.1) is 11.8 Å². The predicted octanol–water partition coefficient (Wildman–Crippen LogP) is 1.37. The molecule has 6 nitrogen and oxygen atoms in total. The summed E-state index contributed by atoms with van der Waals surface area (Å²) in [6.45, 7) is 3.26. The second-order valence-corrected chi connectivity index (χ2v) is 5.75. The summed E-state index contributed by atoms with van der Waals surface area (Å²) in [5.74, 6) is -0.0547. The Morgan fingerprint density at radius 3 is 2.55 bits per heavy atom. The topological polar surface area (TPSA) is 67.9 Å². The van der Waals surface area contributed by atoms with Crippen LogP contribution in [0.3, 0.4) is 0 Å². The highest BCUT2D eigenvalue weighted by molar-refractivity contribution is 8.00. The third-order valence-electron chi connectivity index (χ3n) is 3.21. The molecular formula is C15H20N2O4S. The van der Waals surface area contributed by atoms with Crippen LogP contribution in [0.15, 0.2) is 24.3 Å². The Labute approximate surface area is 134 Å². The van der Waals surface area contributed by atoms with Gasteiger partial charge >= 0.3 is 5.97 Å². The maximum absolute atomic E-state index is 11.8. The lowest BCUT2D eigenvalue weighted by atomic mass is 10.2. The first kappa shape index (κ1) is 16.6. The predicted molar refractivity (Wildman–Crippen MR) is 87.4 cm³/mol. The van der Waals surface area contributed by atoms with E-state index in [0.717, 1.165) is 37.7 Å². The molecule has 1 aromatic carbocycles. The molecule has 2 rings (SSSR count). The molecule has 0 bridgehead atoms. The van der Waals surface area contributed by atoms with E-state index >= 15 is 0 Å². The van der Waals surface area contributed by atoms with E-state index in [9.17, 15) is 9.59 Å². The van der Waals surface area contributed by atoms with Gasteiger partial charge in [-0.1, -0.05) is 0 Å². The lowest BCUT2D eigenvalue weighted by Gasteiger charge is -2.28. The number of esters is 1. The van der Waals surface area contributed by atoms with Crippen molar-refractivity contribution in [3.05, 3.63) is 24.3 Å². The number of nitrogens with one attached hydrogen (secondary N) is 1. The highest BCUT2D eigenvalue weighted by Gasteiger charge is 2.11. The van der Waals surface area contributed by atoms with E-state index in [-0.39, 0.29) is 23.4 Å². The molecule has 0 aromatic heterocycles. The zero-order chi connectivity index (χ0) is 15.8. The maximum atomic E-state index is 11.8. The van der Waals surface area contributed by atoms with Gasteiger partial charge in [0.2, 0.25) is 5.91 Å². The fourth-order valence-electron chi connectivity index (χ4n) is 2.06. The Kier molecular flexibility index (Phi) is 6.54. The summed E-state index contributed by atoms with van der Waals surface area (Å²) in [5, 5.41) is 2.81. The molecule has 0 saturated carbocycles. The summed E-state index contributed by atoms with van der Waals surface area (Å²) < 4.78 is 9.84. The van der Waals surface area contributed by atoms with Gasteiger partial charge in [0.1, 0.15) is 0 Å². The molecule has 120 valence electrons. The molecule has 1 aliphatic rings. The molecule has 1 aromatic rings. The van der Waals surface area contributed by atoms with E-state index in [1.54, 1.807) is 0 Å². The van der Waals surface area contributed by atoms with E-state index in [1.165, 1.54) is 18.9 Å². The van der Waals surface area contributed by atoms with Crippen molar-refractivity contribution < 1.29 is 19.1 Å². The van der Waals surface area contributed by atoms with E-state index < -0.39 is 0 Å². The van der Waals surface area contributed by atoms with Crippen LogP contribution in [-0.2, 0) is 19.1 Å². The molecule has 1 heterocycles. The van der Waals surface area contributed by atoms with Crippen molar-refractivity contribution in [3.63, 3.8) is 0 Å². The number of methoxy groups -OCH3 is 1. The van der Waals surface area contributed by atoms with Gasteiger partial charge < -0.3 is 19.7 Å². The zero-order valence-electron chi connectivity index (χ0n) is 12.5. The van der Waals surface area contributed by atoms with E-state index in [1.807, 2.05) is 24.3 Å². The lowest BCUT2D eigenvalue weighted by Crippen LogP contribution is -2.36. The van der Waals surface area contributed by atoms with Gasteiger partial charge in [-0.3, -0.25) is 9.59 Å². The molecule has 0 radical (unpaired) electrons. The minimum Gasteiger partial charge on any atom is -0.468 e. The summed E-state index contributed by atoms with van der Waals surface area (Å²) in [6, 6.07) is 7.74. The number of carbonyl (C=O) groups is 2. The van der Waals surface area contributed by atoms with Crippen LogP contribution in [0.25, 0.3) is 0 Å². The molecule has 0 unspecified atom stereocenters. The average molecular weight is 324 g/mol. The van der Waals surface area contributed by atoms with Crippen LogP contribution in [0.2, 0.25) is 0 Å². The van der Waals surface area contributed by atoms with Gasteiger partial charge in [0.05, 0.1) is 31.8 Å². The molecule has 0 atom stereocenters. The Morgan fingerprint density at radius 2 is 1.91 bits per heavy atom. The van der Waals surface area contributed by atoms with Crippen molar-refractivity contribution in [2.24, 2.45) is 0 Å². The standard InChI is InChI=1S/C15H20N2O4S/c1-20-15(19)11-22-10-14(18)16-12-2-4-13(5-3-12)17-6-8-21-9-7-17/h2-5H,6-11H2,1H3,(H,16,18). The van der Waals surface area contributed by atoms with E-state index in [2.05, 4.69) is 15.0 Å². The maximum Gasteiger partial charge on any atom is 0.315 e. The normalized spacial score (nSPS) is 14.5. The van der Waals surface area contributed by atoms with Gasteiger partial charge in [-0.05, 0) is 24.3 Å². The number of morpholine rings is 1. The van der Waals surface area contributed by atoms with Gasteiger partial charge in [0.25, 0.3) is 0 Å². The minimum absolute atomic E-state index is 0.131. The van der Waals surface area contributed by atoms with Gasteiger partial charge in [0, 0.05) is 24.5 Å². The number of carbonyl (C=O) groups excluding carboxylic acids is 2. The van der Waals surface area contributed by atoms with E-state index in [0.29, 0.717) is 0 Å². The summed E-state index contributed by atoms with van der Waals surface area (Å²) in [4.78, 5) is 25.0. The fourth-order valence-corrected chi connectivity index (χ4v) is 2.70. The van der Waals surface area contributed by atoms with Crippen molar-refractivity contribution in [2.45, 2.75) is 0 Å². The molecule has 0 aliphatic carbocycles. The summed E-state index contributed by atoms with van der Waals surface area (Å²) in [6.07, 6.45) is 0. The van der Waals surface area contributed by atoms with Crippen LogP contribution in [0.5, 0.6) is 0 Å². The SMILES string of the molecule is COC(=O)CSCC(=O)Nc1ccc(N2CCOCC2)cc1. The summed E-state index contributed by atoms with van der Waals surface area (Å²) in [5.41, 5.74) is 1.88. The van der Waals surface area contributed by atoms with Crippen molar-refractivity contribution in [3.8, 4) is 0 Å². The monoisotopic (exact) mass is 324 g/mol. The van der Waals surface area contributed by atoms with Crippen molar-refractivity contribution >= 4 is 35.0 Å². The van der Waals surface area contributed by atoms with Gasteiger partial charge in [-0.25, -0.2) is 0 Å². The van der Waals surface area contributed by atoms with Crippen LogP contribution in [0, 0.1) is 0 Å². The molecule has 1 amide bonds. The molecule has 1 N–H and O–H groups in total. The number of benzene rings is 1. The first-order valence-electron chi connectivity index (χ1n) is 7.06. The van der Waals surface area contributed by atoms with E-state index in [4.69, 9.17) is 4.74 Å². The molecule has 0 spiro atoms. The lowest BCUT2D eigenvalue weighted by molar-refractivity contribution is -0.137. The number of ether oxygens (including phenoxy) is 2.